The van der Waals surface area contributed by atoms with Gasteiger partial charge in [-0.1, -0.05) is 23.7 Å². The fraction of sp³-hybridized carbons (Fsp3) is 0.0500. The molecule has 0 saturated carbocycles. The Balaban J connectivity index is 1.57. The van der Waals surface area contributed by atoms with Crippen molar-refractivity contribution in [2.24, 2.45) is 0 Å². The van der Waals surface area contributed by atoms with Crippen molar-refractivity contribution in [2.75, 3.05) is 11.6 Å². The van der Waals surface area contributed by atoms with Gasteiger partial charge in [-0.2, -0.15) is 0 Å². The SMILES string of the molecule is CS(=O)(=O)c1ccc(Cl)c(C(=O)Nc2ccc(-c3cn4cccnc4n3)cc2)c1. The zero-order chi connectivity index (χ0) is 20.6. The second-order valence-electron chi connectivity index (χ2n) is 6.40. The Hall–Kier alpha value is -3.23. The summed E-state index contributed by atoms with van der Waals surface area (Å²) in [6, 6.07) is 13.0. The molecule has 0 unspecified atom stereocenters. The first kappa shape index (κ1) is 19.1. The lowest BCUT2D eigenvalue weighted by Gasteiger charge is -2.09. The number of benzene rings is 2. The number of nitrogens with one attached hydrogen (secondary N) is 1. The summed E-state index contributed by atoms with van der Waals surface area (Å²) in [5, 5.41) is 2.90. The van der Waals surface area contributed by atoms with Gasteiger partial charge in [0.1, 0.15) is 0 Å². The van der Waals surface area contributed by atoms with Gasteiger partial charge in [0.25, 0.3) is 5.91 Å². The van der Waals surface area contributed by atoms with Crippen LogP contribution in [0.25, 0.3) is 17.0 Å². The van der Waals surface area contributed by atoms with Crippen molar-refractivity contribution >= 4 is 38.8 Å². The zero-order valence-corrected chi connectivity index (χ0v) is 16.8. The van der Waals surface area contributed by atoms with Crippen LogP contribution >= 0.6 is 11.6 Å². The number of imidazole rings is 1. The molecule has 7 nitrogen and oxygen atoms in total. The fourth-order valence-corrected chi connectivity index (χ4v) is 3.65. The van der Waals surface area contributed by atoms with Crippen LogP contribution in [0.2, 0.25) is 5.02 Å². The Morgan fingerprint density at radius 2 is 1.90 bits per heavy atom. The summed E-state index contributed by atoms with van der Waals surface area (Å²) in [4.78, 5) is 21.2. The third-order valence-corrected chi connectivity index (χ3v) is 5.72. The number of fused-ring (bicyclic) bond motifs is 1. The van der Waals surface area contributed by atoms with Crippen molar-refractivity contribution in [1.29, 1.82) is 0 Å². The van der Waals surface area contributed by atoms with E-state index in [1.807, 2.05) is 35.0 Å². The summed E-state index contributed by atoms with van der Waals surface area (Å²) < 4.78 is 25.3. The molecule has 9 heteroatoms. The van der Waals surface area contributed by atoms with Crippen LogP contribution in [-0.4, -0.2) is 34.9 Å². The lowest BCUT2D eigenvalue weighted by Crippen LogP contribution is -2.13. The van der Waals surface area contributed by atoms with Crippen LogP contribution in [-0.2, 0) is 9.84 Å². The average Bonchev–Trinajstić information content (AvgIpc) is 3.12. The molecule has 0 radical (unpaired) electrons. The highest BCUT2D eigenvalue weighted by Gasteiger charge is 2.16. The Labute approximate surface area is 171 Å². The van der Waals surface area contributed by atoms with Gasteiger partial charge in [0, 0.05) is 36.1 Å². The van der Waals surface area contributed by atoms with Crippen molar-refractivity contribution in [3.8, 4) is 11.3 Å². The van der Waals surface area contributed by atoms with Gasteiger partial charge in [0.05, 0.1) is 21.2 Å². The van der Waals surface area contributed by atoms with E-state index in [1.165, 1.54) is 18.2 Å². The number of anilines is 1. The Kier molecular flexibility index (Phi) is 4.81. The summed E-state index contributed by atoms with van der Waals surface area (Å²) in [6.07, 6.45) is 6.48. The van der Waals surface area contributed by atoms with Crippen molar-refractivity contribution in [3.05, 3.63) is 77.7 Å². The van der Waals surface area contributed by atoms with Crippen LogP contribution in [0.4, 0.5) is 5.69 Å². The van der Waals surface area contributed by atoms with Gasteiger partial charge in [-0.25, -0.2) is 18.4 Å². The summed E-state index contributed by atoms with van der Waals surface area (Å²) in [6.45, 7) is 0. The molecule has 0 spiro atoms. The maximum atomic E-state index is 12.6. The summed E-state index contributed by atoms with van der Waals surface area (Å²) >= 11 is 6.08. The van der Waals surface area contributed by atoms with E-state index in [2.05, 4.69) is 15.3 Å². The topological polar surface area (TPSA) is 93.4 Å². The highest BCUT2D eigenvalue weighted by atomic mass is 35.5. The lowest BCUT2D eigenvalue weighted by molar-refractivity contribution is 0.102. The number of halogens is 1. The summed E-state index contributed by atoms with van der Waals surface area (Å²) in [5.74, 6) is 0.102. The molecule has 0 fully saturated rings. The second-order valence-corrected chi connectivity index (χ2v) is 8.82. The third-order valence-electron chi connectivity index (χ3n) is 4.28. The van der Waals surface area contributed by atoms with Gasteiger partial charge in [-0.05, 0) is 36.4 Å². The van der Waals surface area contributed by atoms with E-state index >= 15 is 0 Å². The minimum Gasteiger partial charge on any atom is -0.322 e. The second kappa shape index (κ2) is 7.31. The maximum Gasteiger partial charge on any atom is 0.257 e. The molecule has 0 bridgehead atoms. The standard InChI is InChI=1S/C20H15ClN4O3S/c1-29(27,28)15-7-8-17(21)16(11-15)19(26)23-14-5-3-13(4-6-14)18-12-25-10-2-9-22-20(25)24-18/h2-12H,1H3,(H,23,26). The van der Waals surface area contributed by atoms with Gasteiger partial charge in [-0.3, -0.25) is 9.20 Å². The number of carbonyl (C=O) groups is 1. The van der Waals surface area contributed by atoms with Gasteiger partial charge < -0.3 is 5.32 Å². The molecule has 0 aliphatic heterocycles. The molecule has 29 heavy (non-hydrogen) atoms. The number of amides is 1. The highest BCUT2D eigenvalue weighted by molar-refractivity contribution is 7.90. The summed E-state index contributed by atoms with van der Waals surface area (Å²) in [5.41, 5.74) is 2.25. The van der Waals surface area contributed by atoms with Crippen molar-refractivity contribution in [3.63, 3.8) is 0 Å². The smallest absolute Gasteiger partial charge is 0.257 e. The summed E-state index contributed by atoms with van der Waals surface area (Å²) in [7, 11) is -3.45. The van der Waals surface area contributed by atoms with E-state index in [-0.39, 0.29) is 15.5 Å². The number of carbonyl (C=O) groups excluding carboxylic acids is 1. The molecule has 1 N–H and O–H groups in total. The molecule has 2 heterocycles. The molecule has 0 atom stereocenters. The molecule has 4 aromatic rings. The first-order valence-electron chi connectivity index (χ1n) is 8.52. The average molecular weight is 427 g/mol. The Morgan fingerprint density at radius 1 is 1.14 bits per heavy atom. The van der Waals surface area contributed by atoms with Crippen molar-refractivity contribution < 1.29 is 13.2 Å². The van der Waals surface area contributed by atoms with E-state index in [0.29, 0.717) is 11.5 Å². The van der Waals surface area contributed by atoms with E-state index in [9.17, 15) is 13.2 Å². The quantitative estimate of drug-likeness (QED) is 0.537. The molecule has 4 rings (SSSR count). The fourth-order valence-electron chi connectivity index (χ4n) is 2.80. The molecule has 0 saturated heterocycles. The molecule has 0 aliphatic rings. The minimum atomic E-state index is -3.45. The first-order valence-corrected chi connectivity index (χ1v) is 10.8. The van der Waals surface area contributed by atoms with Crippen LogP contribution < -0.4 is 5.32 Å². The highest BCUT2D eigenvalue weighted by Crippen LogP contribution is 2.24. The maximum absolute atomic E-state index is 12.6. The first-order chi connectivity index (χ1) is 13.8. The molecule has 2 aromatic heterocycles. The largest absolute Gasteiger partial charge is 0.322 e. The number of nitrogens with zero attached hydrogens (tertiary/aromatic N) is 3. The van der Waals surface area contributed by atoms with Crippen LogP contribution in [0.15, 0.2) is 72.0 Å². The molecular weight excluding hydrogens is 412 g/mol. The molecule has 2 aromatic carbocycles. The van der Waals surface area contributed by atoms with Crippen molar-refractivity contribution in [2.45, 2.75) is 4.90 Å². The minimum absolute atomic E-state index is 0.0304. The van der Waals surface area contributed by atoms with Gasteiger partial charge >= 0.3 is 0 Å². The lowest BCUT2D eigenvalue weighted by atomic mass is 10.1. The van der Waals surface area contributed by atoms with Crippen LogP contribution in [0.5, 0.6) is 0 Å². The third kappa shape index (κ3) is 3.98. The van der Waals surface area contributed by atoms with Crippen LogP contribution in [0, 0.1) is 0 Å². The number of rotatable bonds is 4. The zero-order valence-electron chi connectivity index (χ0n) is 15.2. The normalized spacial score (nSPS) is 11.5. The van der Waals surface area contributed by atoms with Gasteiger partial charge in [0.15, 0.2) is 9.84 Å². The molecule has 1 amide bonds. The molecular formula is C20H15ClN4O3S. The number of aromatic nitrogens is 3. The monoisotopic (exact) mass is 426 g/mol. The number of hydrogen-bond donors (Lipinski definition) is 1. The molecule has 0 aliphatic carbocycles. The Bertz CT molecular complexity index is 1300. The molecule has 146 valence electrons. The van der Waals surface area contributed by atoms with Crippen LogP contribution in [0.3, 0.4) is 0 Å². The van der Waals surface area contributed by atoms with Gasteiger partial charge in [0.2, 0.25) is 5.78 Å². The number of hydrogen-bond acceptors (Lipinski definition) is 5. The van der Waals surface area contributed by atoms with E-state index in [0.717, 1.165) is 17.5 Å². The predicted octanol–water partition coefficient (Wildman–Crippen LogP) is 3.71. The predicted molar refractivity (Wildman–Crippen MR) is 111 cm³/mol. The van der Waals surface area contributed by atoms with Crippen molar-refractivity contribution in [1.82, 2.24) is 14.4 Å². The van der Waals surface area contributed by atoms with E-state index < -0.39 is 15.7 Å². The van der Waals surface area contributed by atoms with E-state index in [4.69, 9.17) is 11.6 Å². The number of sulfone groups is 1. The van der Waals surface area contributed by atoms with E-state index in [1.54, 1.807) is 18.3 Å². The van der Waals surface area contributed by atoms with Gasteiger partial charge in [-0.15, -0.1) is 0 Å². The van der Waals surface area contributed by atoms with Crippen LogP contribution in [0.1, 0.15) is 10.4 Å². The Morgan fingerprint density at radius 3 is 2.59 bits per heavy atom.